The number of piperidine rings is 1. The van der Waals surface area contributed by atoms with E-state index in [0.29, 0.717) is 5.92 Å². The van der Waals surface area contributed by atoms with Crippen molar-refractivity contribution in [3.63, 3.8) is 0 Å². The Bertz CT molecular complexity index is 757. The fourth-order valence-electron chi connectivity index (χ4n) is 3.63. The van der Waals surface area contributed by atoms with Gasteiger partial charge in [-0.05, 0) is 54.6 Å². The van der Waals surface area contributed by atoms with Crippen LogP contribution in [0.4, 0.5) is 0 Å². The number of nitrogens with zero attached hydrogens (tertiary/aromatic N) is 3. The van der Waals surface area contributed by atoms with Gasteiger partial charge < -0.3 is 4.57 Å². The number of fused-ring (bicyclic) bond motifs is 1. The first-order chi connectivity index (χ1) is 10.8. The second kappa shape index (κ2) is 5.61. The molecule has 0 aliphatic carbocycles. The minimum atomic E-state index is 0.594. The van der Waals surface area contributed by atoms with Crippen LogP contribution in [0, 0.1) is 0 Å². The number of aromatic amines is 1. The Morgan fingerprint density at radius 1 is 1.27 bits per heavy atom. The SMILES string of the molecule is Cn1ccc2cc(CN3CCC[C@@H](c4ccn[nH]4)C3)ccc21. The van der Waals surface area contributed by atoms with E-state index in [9.17, 15) is 0 Å². The van der Waals surface area contributed by atoms with Gasteiger partial charge in [-0.25, -0.2) is 0 Å². The van der Waals surface area contributed by atoms with Crippen molar-refractivity contribution in [2.24, 2.45) is 7.05 Å². The molecule has 4 nitrogen and oxygen atoms in total. The molecule has 0 saturated carbocycles. The Morgan fingerprint density at radius 2 is 2.23 bits per heavy atom. The molecule has 1 N–H and O–H groups in total. The summed E-state index contributed by atoms with van der Waals surface area (Å²) in [5, 5.41) is 8.57. The molecule has 4 heteroatoms. The smallest absolute Gasteiger partial charge is 0.0490 e. The number of aromatic nitrogens is 3. The first-order valence-corrected chi connectivity index (χ1v) is 8.05. The third-order valence-electron chi connectivity index (χ3n) is 4.82. The topological polar surface area (TPSA) is 36.9 Å². The maximum Gasteiger partial charge on any atom is 0.0490 e. The van der Waals surface area contributed by atoms with Crippen LogP contribution in [0.5, 0.6) is 0 Å². The van der Waals surface area contributed by atoms with E-state index in [2.05, 4.69) is 63.2 Å². The van der Waals surface area contributed by atoms with Gasteiger partial charge in [0.15, 0.2) is 0 Å². The third-order valence-corrected chi connectivity index (χ3v) is 4.82. The van der Waals surface area contributed by atoms with Crippen molar-refractivity contribution < 1.29 is 0 Å². The van der Waals surface area contributed by atoms with Gasteiger partial charge >= 0.3 is 0 Å². The molecule has 1 saturated heterocycles. The zero-order chi connectivity index (χ0) is 14.9. The van der Waals surface area contributed by atoms with Gasteiger partial charge in [-0.3, -0.25) is 10.00 Å². The molecule has 0 radical (unpaired) electrons. The first-order valence-electron chi connectivity index (χ1n) is 8.05. The van der Waals surface area contributed by atoms with Gasteiger partial charge in [0.1, 0.15) is 0 Å². The van der Waals surface area contributed by atoms with E-state index in [0.717, 1.165) is 13.1 Å². The highest BCUT2D eigenvalue weighted by atomic mass is 15.1. The van der Waals surface area contributed by atoms with E-state index >= 15 is 0 Å². The molecule has 0 amide bonds. The number of aryl methyl sites for hydroxylation is 1. The quantitative estimate of drug-likeness (QED) is 0.805. The van der Waals surface area contributed by atoms with Crippen LogP contribution in [0.15, 0.2) is 42.7 Å². The summed E-state index contributed by atoms with van der Waals surface area (Å²) in [6.45, 7) is 3.35. The van der Waals surface area contributed by atoms with Gasteiger partial charge in [-0.15, -0.1) is 0 Å². The molecule has 1 aliphatic rings. The van der Waals surface area contributed by atoms with Crippen molar-refractivity contribution in [1.29, 1.82) is 0 Å². The average Bonchev–Trinajstić information content (AvgIpc) is 3.18. The molecule has 1 atom stereocenters. The lowest BCUT2D eigenvalue weighted by Crippen LogP contribution is -2.34. The zero-order valence-electron chi connectivity index (χ0n) is 13.0. The van der Waals surface area contributed by atoms with Gasteiger partial charge in [0, 0.05) is 49.7 Å². The lowest BCUT2D eigenvalue weighted by Gasteiger charge is -2.32. The summed E-state index contributed by atoms with van der Waals surface area (Å²) in [4.78, 5) is 2.57. The van der Waals surface area contributed by atoms with Crippen LogP contribution in [0.2, 0.25) is 0 Å². The number of hydrogen-bond donors (Lipinski definition) is 1. The second-order valence-corrected chi connectivity index (χ2v) is 6.41. The Balaban J connectivity index is 1.49. The van der Waals surface area contributed by atoms with Gasteiger partial charge in [0.05, 0.1) is 0 Å². The number of benzene rings is 1. The van der Waals surface area contributed by atoms with Gasteiger partial charge in [-0.2, -0.15) is 5.10 Å². The van der Waals surface area contributed by atoms with E-state index in [1.54, 1.807) is 0 Å². The number of hydrogen-bond acceptors (Lipinski definition) is 2. The fraction of sp³-hybridized carbons (Fsp3) is 0.389. The average molecular weight is 294 g/mol. The van der Waals surface area contributed by atoms with Crippen LogP contribution < -0.4 is 0 Å². The fourth-order valence-corrected chi connectivity index (χ4v) is 3.63. The molecule has 1 aromatic carbocycles. The normalized spacial score (nSPS) is 19.8. The van der Waals surface area contributed by atoms with Crippen molar-refractivity contribution in [1.82, 2.24) is 19.7 Å². The standard InChI is InChI=1S/C18H22N4/c1-21-10-7-15-11-14(4-5-18(15)21)12-22-9-2-3-16(13-22)17-6-8-19-20-17/h4-8,10-11,16H,2-3,9,12-13H2,1H3,(H,19,20)/t16-/m1/s1. The van der Waals surface area contributed by atoms with Gasteiger partial charge in [0.2, 0.25) is 0 Å². The van der Waals surface area contributed by atoms with Crippen LogP contribution in [0.25, 0.3) is 10.9 Å². The predicted octanol–water partition coefficient (Wildman–Crippen LogP) is 3.28. The van der Waals surface area contributed by atoms with E-state index in [4.69, 9.17) is 0 Å². The van der Waals surface area contributed by atoms with Crippen molar-refractivity contribution in [3.05, 3.63) is 54.0 Å². The summed E-state index contributed by atoms with van der Waals surface area (Å²) < 4.78 is 2.17. The predicted molar refractivity (Wildman–Crippen MR) is 88.8 cm³/mol. The lowest BCUT2D eigenvalue weighted by atomic mass is 9.94. The highest BCUT2D eigenvalue weighted by Crippen LogP contribution is 2.26. The van der Waals surface area contributed by atoms with Crippen molar-refractivity contribution in [3.8, 4) is 0 Å². The van der Waals surface area contributed by atoms with Gasteiger partial charge in [0.25, 0.3) is 0 Å². The molecule has 3 aromatic rings. The van der Waals surface area contributed by atoms with Crippen LogP contribution >= 0.6 is 0 Å². The number of nitrogens with one attached hydrogen (secondary N) is 1. The zero-order valence-corrected chi connectivity index (χ0v) is 13.0. The highest BCUT2D eigenvalue weighted by molar-refractivity contribution is 5.80. The van der Waals surface area contributed by atoms with E-state index < -0.39 is 0 Å². The van der Waals surface area contributed by atoms with Crippen LogP contribution in [0.3, 0.4) is 0 Å². The van der Waals surface area contributed by atoms with E-state index in [1.165, 1.54) is 41.5 Å². The summed E-state index contributed by atoms with van der Waals surface area (Å²) >= 11 is 0. The lowest BCUT2D eigenvalue weighted by molar-refractivity contribution is 0.198. The van der Waals surface area contributed by atoms with Crippen molar-refractivity contribution in [2.45, 2.75) is 25.3 Å². The molecular formula is C18H22N4. The molecule has 1 aliphatic heterocycles. The Kier molecular flexibility index (Phi) is 3.47. The minimum Gasteiger partial charge on any atom is -0.351 e. The molecular weight excluding hydrogens is 272 g/mol. The molecule has 3 heterocycles. The van der Waals surface area contributed by atoms with Crippen LogP contribution in [0.1, 0.15) is 30.0 Å². The summed E-state index contributed by atoms with van der Waals surface area (Å²) in [6.07, 6.45) is 6.51. The molecule has 0 spiro atoms. The van der Waals surface area contributed by atoms with Crippen LogP contribution in [-0.2, 0) is 13.6 Å². The molecule has 0 unspecified atom stereocenters. The molecule has 2 aromatic heterocycles. The maximum atomic E-state index is 4.10. The first kappa shape index (κ1) is 13.6. The van der Waals surface area contributed by atoms with Crippen LogP contribution in [-0.4, -0.2) is 32.8 Å². The monoisotopic (exact) mass is 294 g/mol. The minimum absolute atomic E-state index is 0.594. The van der Waals surface area contributed by atoms with Crippen molar-refractivity contribution >= 4 is 10.9 Å². The van der Waals surface area contributed by atoms with E-state index in [1.807, 2.05) is 6.20 Å². The van der Waals surface area contributed by atoms with Gasteiger partial charge in [-0.1, -0.05) is 6.07 Å². The largest absolute Gasteiger partial charge is 0.351 e. The number of rotatable bonds is 3. The van der Waals surface area contributed by atoms with Crippen molar-refractivity contribution in [2.75, 3.05) is 13.1 Å². The Labute approximate surface area is 130 Å². The summed E-state index contributed by atoms with van der Waals surface area (Å²) in [6, 6.07) is 11.1. The highest BCUT2D eigenvalue weighted by Gasteiger charge is 2.22. The van der Waals surface area contributed by atoms with E-state index in [-0.39, 0.29) is 0 Å². The number of likely N-dealkylation sites (tertiary alicyclic amines) is 1. The Morgan fingerprint density at radius 3 is 3.09 bits per heavy atom. The molecule has 1 fully saturated rings. The third kappa shape index (κ3) is 2.55. The molecule has 4 rings (SSSR count). The second-order valence-electron chi connectivity index (χ2n) is 6.41. The Hall–Kier alpha value is -2.07. The number of H-pyrrole nitrogens is 1. The molecule has 0 bridgehead atoms. The summed E-state index contributed by atoms with van der Waals surface area (Å²) in [5.41, 5.74) is 3.99. The molecule has 22 heavy (non-hydrogen) atoms. The molecule has 114 valence electrons. The summed E-state index contributed by atoms with van der Waals surface area (Å²) in [5.74, 6) is 0.594. The maximum absolute atomic E-state index is 4.10. The summed E-state index contributed by atoms with van der Waals surface area (Å²) in [7, 11) is 2.10.